The Morgan fingerprint density at radius 3 is 2.61 bits per heavy atom. The van der Waals surface area contributed by atoms with Crippen LogP contribution in [0.4, 0.5) is 4.39 Å². The van der Waals surface area contributed by atoms with Crippen molar-refractivity contribution in [3.05, 3.63) is 95.3 Å². The van der Waals surface area contributed by atoms with Gasteiger partial charge in [-0.1, -0.05) is 53.7 Å². The second kappa shape index (κ2) is 11.1. The van der Waals surface area contributed by atoms with E-state index in [-0.39, 0.29) is 23.5 Å². The van der Waals surface area contributed by atoms with E-state index < -0.39 is 12.1 Å². The van der Waals surface area contributed by atoms with Crippen LogP contribution in [-0.4, -0.2) is 50.3 Å². The minimum Gasteiger partial charge on any atom is -0.350 e. The van der Waals surface area contributed by atoms with Crippen LogP contribution in [0.5, 0.6) is 0 Å². The fourth-order valence-electron chi connectivity index (χ4n) is 5.11. The van der Waals surface area contributed by atoms with Gasteiger partial charge in [0.05, 0.1) is 11.6 Å². The first-order chi connectivity index (χ1) is 18.4. The number of rotatable bonds is 8. The number of aromatic nitrogens is 3. The number of amides is 2. The number of nitrogens with zero attached hydrogens (tertiary/aromatic N) is 4. The summed E-state index contributed by atoms with van der Waals surface area (Å²) in [7, 11) is 1.82. The quantitative estimate of drug-likeness (QED) is 0.376. The fourth-order valence-corrected chi connectivity index (χ4v) is 5.11. The Kier molecular flexibility index (Phi) is 7.46. The van der Waals surface area contributed by atoms with Gasteiger partial charge in [0.1, 0.15) is 17.4 Å². The number of carbonyl (C=O) groups excluding carboxylic acids is 2. The molecule has 0 saturated carbocycles. The third kappa shape index (κ3) is 5.57. The maximum atomic E-state index is 13.5. The third-order valence-corrected chi connectivity index (χ3v) is 7.27. The number of halogens is 1. The van der Waals surface area contributed by atoms with Crippen LogP contribution in [0.25, 0.3) is 11.0 Å². The highest BCUT2D eigenvalue weighted by Gasteiger charge is 2.41. The summed E-state index contributed by atoms with van der Waals surface area (Å²) >= 11 is 0. The number of nitrogens with one attached hydrogen (secondary N) is 1. The Morgan fingerprint density at radius 2 is 1.84 bits per heavy atom. The molecular formula is C29H31FN6O2. The van der Waals surface area contributed by atoms with E-state index in [1.165, 1.54) is 12.1 Å². The molecule has 1 fully saturated rings. The Morgan fingerprint density at radius 1 is 1.08 bits per heavy atom. The van der Waals surface area contributed by atoms with Crippen LogP contribution in [0.3, 0.4) is 0 Å². The zero-order valence-corrected chi connectivity index (χ0v) is 21.3. The number of hydrogen-bond donors (Lipinski definition) is 2. The molecule has 0 aliphatic carbocycles. The predicted molar refractivity (Wildman–Crippen MR) is 142 cm³/mol. The van der Waals surface area contributed by atoms with Gasteiger partial charge in [-0.05, 0) is 60.2 Å². The second-order valence-electron chi connectivity index (χ2n) is 9.88. The Labute approximate surface area is 220 Å². The molecule has 1 aliphatic rings. The molecule has 3 unspecified atom stereocenters. The van der Waals surface area contributed by atoms with Gasteiger partial charge in [-0.25, -0.2) is 9.07 Å². The van der Waals surface area contributed by atoms with Gasteiger partial charge in [0, 0.05) is 26.1 Å². The van der Waals surface area contributed by atoms with Gasteiger partial charge in [-0.2, -0.15) is 0 Å². The van der Waals surface area contributed by atoms with Crippen LogP contribution in [0.1, 0.15) is 35.4 Å². The molecule has 196 valence electrons. The van der Waals surface area contributed by atoms with Gasteiger partial charge in [0.25, 0.3) is 0 Å². The minimum absolute atomic E-state index is 0.0902. The summed E-state index contributed by atoms with van der Waals surface area (Å²) in [4.78, 5) is 28.5. The van der Waals surface area contributed by atoms with Crippen molar-refractivity contribution in [2.24, 2.45) is 12.8 Å². The zero-order chi connectivity index (χ0) is 26.6. The fraction of sp³-hybridized carbons (Fsp3) is 0.310. The lowest BCUT2D eigenvalue weighted by molar-refractivity contribution is -0.139. The van der Waals surface area contributed by atoms with Crippen molar-refractivity contribution in [1.29, 1.82) is 0 Å². The maximum absolute atomic E-state index is 13.5. The van der Waals surface area contributed by atoms with E-state index >= 15 is 0 Å². The summed E-state index contributed by atoms with van der Waals surface area (Å²) in [6.07, 6.45) is 1.59. The van der Waals surface area contributed by atoms with Gasteiger partial charge in [-0.3, -0.25) is 9.59 Å². The maximum Gasteiger partial charge on any atom is 0.243 e. The molecular weight excluding hydrogens is 483 g/mol. The second-order valence-corrected chi connectivity index (χ2v) is 9.88. The number of benzene rings is 3. The van der Waals surface area contributed by atoms with E-state index in [0.717, 1.165) is 27.7 Å². The molecule has 0 radical (unpaired) electrons. The molecule has 5 rings (SSSR count). The molecule has 1 aromatic heterocycles. The third-order valence-electron chi connectivity index (χ3n) is 7.27. The zero-order valence-electron chi connectivity index (χ0n) is 21.3. The topological polar surface area (TPSA) is 106 Å². The molecule has 1 aliphatic heterocycles. The molecule has 3 atom stereocenters. The van der Waals surface area contributed by atoms with Crippen LogP contribution < -0.4 is 11.1 Å². The largest absolute Gasteiger partial charge is 0.350 e. The van der Waals surface area contributed by atoms with E-state index in [0.29, 0.717) is 32.4 Å². The van der Waals surface area contributed by atoms with E-state index in [1.807, 2.05) is 55.6 Å². The Bertz CT molecular complexity index is 1420. The van der Waals surface area contributed by atoms with Crippen molar-refractivity contribution in [2.45, 2.75) is 43.8 Å². The highest BCUT2D eigenvalue weighted by atomic mass is 19.1. The molecule has 4 aromatic rings. The average Bonchev–Trinajstić information content (AvgIpc) is 3.55. The first-order valence-electron chi connectivity index (χ1n) is 12.8. The number of fused-ring (bicyclic) bond motifs is 1. The normalized spacial score (nSPS) is 18.0. The first kappa shape index (κ1) is 25.5. The van der Waals surface area contributed by atoms with Crippen LogP contribution >= 0.6 is 0 Å². The van der Waals surface area contributed by atoms with E-state index in [4.69, 9.17) is 5.73 Å². The molecule has 1 saturated heterocycles. The van der Waals surface area contributed by atoms with E-state index in [9.17, 15) is 14.0 Å². The molecule has 38 heavy (non-hydrogen) atoms. The van der Waals surface area contributed by atoms with E-state index in [1.54, 1.807) is 21.7 Å². The summed E-state index contributed by atoms with van der Waals surface area (Å²) in [5, 5.41) is 11.1. The number of nitrogens with two attached hydrogens (primary N) is 1. The van der Waals surface area contributed by atoms with Crippen LogP contribution in [0.2, 0.25) is 0 Å². The van der Waals surface area contributed by atoms with Crippen LogP contribution in [0, 0.1) is 5.82 Å². The number of carbonyl (C=O) groups is 2. The van der Waals surface area contributed by atoms with Crippen LogP contribution in [-0.2, 0) is 29.6 Å². The average molecular weight is 515 g/mol. The van der Waals surface area contributed by atoms with Crippen LogP contribution in [0.15, 0.2) is 72.8 Å². The molecule has 2 amide bonds. The van der Waals surface area contributed by atoms with Crippen molar-refractivity contribution in [3.63, 3.8) is 0 Å². The van der Waals surface area contributed by atoms with Gasteiger partial charge >= 0.3 is 0 Å². The summed E-state index contributed by atoms with van der Waals surface area (Å²) in [5.74, 6) is -0.895. The summed E-state index contributed by atoms with van der Waals surface area (Å²) < 4.78 is 15.2. The molecule has 0 bridgehead atoms. The van der Waals surface area contributed by atoms with Crippen molar-refractivity contribution in [1.82, 2.24) is 25.2 Å². The highest BCUT2D eigenvalue weighted by molar-refractivity contribution is 5.90. The molecule has 3 aromatic carbocycles. The van der Waals surface area contributed by atoms with Gasteiger partial charge in [-0.15, -0.1) is 5.10 Å². The Balaban J connectivity index is 1.29. The summed E-state index contributed by atoms with van der Waals surface area (Å²) in [6, 6.07) is 20.5. The lowest BCUT2D eigenvalue weighted by Crippen LogP contribution is -2.51. The Hall–Kier alpha value is -4.11. The molecule has 0 spiro atoms. The summed E-state index contributed by atoms with van der Waals surface area (Å²) in [6.45, 7) is 0.651. The monoisotopic (exact) mass is 514 g/mol. The number of aryl methyl sites for hydroxylation is 2. The standard InChI is InChI=1S/C29H31FN6O2/c1-35-26-14-8-20(15-25(26)33-34-35)17-32-28(37)27-16-22(21-9-11-23(30)12-10-21)18-36(27)29(38)24(31)13-7-19-5-3-2-4-6-19/h2-6,8-12,14-15,22,24,27H,7,13,16-18,31H2,1H3,(H,32,37). The SMILES string of the molecule is Cn1nnc2cc(CNC(=O)C3CC(c4ccc(F)cc4)CN3C(=O)C(N)CCc3ccccc3)ccc21. The van der Waals surface area contributed by atoms with Crippen molar-refractivity contribution >= 4 is 22.8 Å². The minimum atomic E-state index is -0.725. The molecule has 2 heterocycles. The lowest BCUT2D eigenvalue weighted by Gasteiger charge is -2.27. The first-order valence-corrected chi connectivity index (χ1v) is 12.8. The van der Waals surface area contributed by atoms with Gasteiger partial charge < -0.3 is 16.0 Å². The van der Waals surface area contributed by atoms with Crippen molar-refractivity contribution in [2.75, 3.05) is 6.54 Å². The van der Waals surface area contributed by atoms with Crippen molar-refractivity contribution < 1.29 is 14.0 Å². The van der Waals surface area contributed by atoms with Gasteiger partial charge in [0.15, 0.2) is 0 Å². The summed E-state index contributed by atoms with van der Waals surface area (Å²) in [5.41, 5.74) is 10.9. The molecule has 8 nitrogen and oxygen atoms in total. The number of likely N-dealkylation sites (tertiary alicyclic amines) is 1. The predicted octanol–water partition coefficient (Wildman–Crippen LogP) is 3.07. The molecule has 9 heteroatoms. The molecule has 3 N–H and O–H groups in total. The number of hydrogen-bond acceptors (Lipinski definition) is 5. The highest BCUT2D eigenvalue weighted by Crippen LogP contribution is 2.33. The van der Waals surface area contributed by atoms with E-state index in [2.05, 4.69) is 15.6 Å². The lowest BCUT2D eigenvalue weighted by atomic mass is 9.96. The smallest absolute Gasteiger partial charge is 0.243 e. The van der Waals surface area contributed by atoms with Crippen molar-refractivity contribution in [3.8, 4) is 0 Å². The van der Waals surface area contributed by atoms with Gasteiger partial charge in [0.2, 0.25) is 11.8 Å².